The SMILES string of the molecule is COC(=O)CC(c1ccc2ccc(OCC(=O)NC3CCCCC3)cc2c1)c1c(C)cc(OC)cc1C. The van der Waals surface area contributed by atoms with Crippen LogP contribution in [0.2, 0.25) is 0 Å². The minimum atomic E-state index is -0.263. The molecule has 0 bridgehead atoms. The van der Waals surface area contributed by atoms with Crippen molar-refractivity contribution in [1.29, 1.82) is 0 Å². The highest BCUT2D eigenvalue weighted by Crippen LogP contribution is 2.37. The Balaban J connectivity index is 1.58. The van der Waals surface area contributed by atoms with E-state index >= 15 is 0 Å². The van der Waals surface area contributed by atoms with Crippen LogP contribution < -0.4 is 14.8 Å². The fraction of sp³-hybridized carbons (Fsp3) is 0.419. The number of nitrogens with one attached hydrogen (secondary N) is 1. The first-order valence-corrected chi connectivity index (χ1v) is 13.1. The van der Waals surface area contributed by atoms with Gasteiger partial charge in [-0.1, -0.05) is 43.5 Å². The molecule has 1 atom stereocenters. The van der Waals surface area contributed by atoms with E-state index in [2.05, 4.69) is 23.5 Å². The summed E-state index contributed by atoms with van der Waals surface area (Å²) in [6.07, 6.45) is 5.92. The van der Waals surface area contributed by atoms with E-state index in [-0.39, 0.29) is 36.9 Å². The maximum atomic E-state index is 12.4. The van der Waals surface area contributed by atoms with Crippen LogP contribution in [0.3, 0.4) is 0 Å². The quantitative estimate of drug-likeness (QED) is 0.363. The lowest BCUT2D eigenvalue weighted by molar-refractivity contribution is -0.140. The summed E-state index contributed by atoms with van der Waals surface area (Å²) in [4.78, 5) is 24.8. The van der Waals surface area contributed by atoms with Gasteiger partial charge < -0.3 is 19.5 Å². The molecule has 1 fully saturated rings. The molecule has 0 radical (unpaired) electrons. The average molecular weight is 504 g/mol. The van der Waals surface area contributed by atoms with Crippen molar-refractivity contribution in [3.8, 4) is 11.5 Å². The molecular weight excluding hydrogens is 466 g/mol. The van der Waals surface area contributed by atoms with Crippen molar-refractivity contribution in [3.63, 3.8) is 0 Å². The smallest absolute Gasteiger partial charge is 0.306 e. The van der Waals surface area contributed by atoms with Crippen molar-refractivity contribution in [3.05, 3.63) is 70.8 Å². The number of benzene rings is 3. The van der Waals surface area contributed by atoms with Gasteiger partial charge in [0, 0.05) is 12.0 Å². The second-order valence-corrected chi connectivity index (χ2v) is 9.97. The van der Waals surface area contributed by atoms with E-state index in [9.17, 15) is 9.59 Å². The Morgan fingerprint density at radius 2 is 1.59 bits per heavy atom. The molecule has 0 aromatic heterocycles. The molecule has 1 aliphatic rings. The highest BCUT2D eigenvalue weighted by atomic mass is 16.5. The summed E-state index contributed by atoms with van der Waals surface area (Å²) in [5.74, 6) is 0.923. The number of rotatable bonds is 9. The molecule has 6 nitrogen and oxygen atoms in total. The molecule has 6 heteroatoms. The Bertz CT molecular complexity index is 1240. The normalized spacial score (nSPS) is 14.7. The molecule has 1 unspecified atom stereocenters. The Morgan fingerprint density at radius 3 is 2.27 bits per heavy atom. The number of ether oxygens (including phenoxy) is 3. The van der Waals surface area contributed by atoms with Gasteiger partial charge in [-0.05, 0) is 84.0 Å². The zero-order chi connectivity index (χ0) is 26.4. The topological polar surface area (TPSA) is 73.9 Å². The van der Waals surface area contributed by atoms with Crippen LogP contribution in [-0.2, 0) is 14.3 Å². The molecule has 37 heavy (non-hydrogen) atoms. The van der Waals surface area contributed by atoms with E-state index in [1.54, 1.807) is 7.11 Å². The van der Waals surface area contributed by atoms with Crippen molar-refractivity contribution >= 4 is 22.6 Å². The van der Waals surface area contributed by atoms with Crippen molar-refractivity contribution in [1.82, 2.24) is 5.32 Å². The van der Waals surface area contributed by atoms with Gasteiger partial charge in [0.25, 0.3) is 5.91 Å². The zero-order valence-electron chi connectivity index (χ0n) is 22.3. The lowest BCUT2D eigenvalue weighted by Gasteiger charge is -2.23. The number of hydrogen-bond donors (Lipinski definition) is 1. The zero-order valence-corrected chi connectivity index (χ0v) is 22.3. The molecule has 3 aromatic rings. The third-order valence-corrected chi connectivity index (χ3v) is 7.33. The fourth-order valence-electron chi connectivity index (χ4n) is 5.45. The summed E-state index contributed by atoms with van der Waals surface area (Å²) in [6.45, 7) is 4.08. The number of fused-ring (bicyclic) bond motifs is 1. The van der Waals surface area contributed by atoms with Crippen LogP contribution in [0, 0.1) is 13.8 Å². The lowest BCUT2D eigenvalue weighted by atomic mass is 9.82. The van der Waals surface area contributed by atoms with Crippen LogP contribution in [0.25, 0.3) is 10.8 Å². The van der Waals surface area contributed by atoms with Crippen molar-refractivity contribution < 1.29 is 23.8 Å². The maximum absolute atomic E-state index is 12.4. The number of carbonyl (C=O) groups is 2. The van der Waals surface area contributed by atoms with Gasteiger partial charge >= 0.3 is 5.97 Å². The van der Waals surface area contributed by atoms with Crippen LogP contribution >= 0.6 is 0 Å². The molecule has 0 heterocycles. The van der Waals surface area contributed by atoms with E-state index in [0.29, 0.717) is 5.75 Å². The second-order valence-electron chi connectivity index (χ2n) is 9.97. The van der Waals surface area contributed by atoms with Gasteiger partial charge in [0.2, 0.25) is 0 Å². The molecular formula is C31H37NO5. The van der Waals surface area contributed by atoms with E-state index in [1.165, 1.54) is 26.4 Å². The standard InChI is InChI=1S/C31H37NO5/c1-20-14-27(35-3)15-21(2)31(20)28(18-30(34)36-4)23-11-10-22-12-13-26(17-24(22)16-23)37-19-29(33)32-25-8-6-5-7-9-25/h10-17,25,28H,5-9,18-19H2,1-4H3,(H,32,33). The highest BCUT2D eigenvalue weighted by Gasteiger charge is 2.23. The van der Waals surface area contributed by atoms with Crippen LogP contribution in [0.15, 0.2) is 48.5 Å². The van der Waals surface area contributed by atoms with Gasteiger partial charge in [0.15, 0.2) is 6.61 Å². The summed E-state index contributed by atoms with van der Waals surface area (Å²) in [6, 6.07) is 16.3. The van der Waals surface area contributed by atoms with Crippen LogP contribution in [0.4, 0.5) is 0 Å². The summed E-state index contributed by atoms with van der Waals surface area (Å²) in [5, 5.41) is 5.14. The lowest BCUT2D eigenvalue weighted by Crippen LogP contribution is -2.38. The number of amides is 1. The van der Waals surface area contributed by atoms with E-state index < -0.39 is 0 Å². The van der Waals surface area contributed by atoms with Crippen LogP contribution in [-0.4, -0.2) is 38.7 Å². The highest BCUT2D eigenvalue weighted by molar-refractivity contribution is 5.85. The summed E-state index contributed by atoms with van der Waals surface area (Å²) in [7, 11) is 3.07. The van der Waals surface area contributed by atoms with Crippen LogP contribution in [0.5, 0.6) is 11.5 Å². The van der Waals surface area contributed by atoms with Gasteiger partial charge in [0.05, 0.1) is 20.6 Å². The molecule has 1 amide bonds. The van der Waals surface area contributed by atoms with E-state index in [0.717, 1.165) is 51.6 Å². The molecule has 4 rings (SSSR count). The Labute approximate surface area is 219 Å². The first kappa shape index (κ1) is 26.5. The number of methoxy groups -OCH3 is 2. The third kappa shape index (κ3) is 6.62. The summed E-state index contributed by atoms with van der Waals surface area (Å²) >= 11 is 0. The summed E-state index contributed by atoms with van der Waals surface area (Å²) in [5.41, 5.74) is 4.23. The molecule has 0 saturated heterocycles. The Hall–Kier alpha value is -3.54. The molecule has 0 aliphatic heterocycles. The van der Waals surface area contributed by atoms with Crippen molar-refractivity contribution in [2.75, 3.05) is 20.8 Å². The summed E-state index contributed by atoms with van der Waals surface area (Å²) < 4.78 is 16.3. The molecule has 1 N–H and O–H groups in total. The molecule has 0 spiro atoms. The molecule has 1 aliphatic carbocycles. The molecule has 1 saturated carbocycles. The van der Waals surface area contributed by atoms with Gasteiger partial charge in [-0.25, -0.2) is 0 Å². The van der Waals surface area contributed by atoms with Gasteiger partial charge in [0.1, 0.15) is 11.5 Å². The fourth-order valence-corrected chi connectivity index (χ4v) is 5.45. The number of hydrogen-bond acceptors (Lipinski definition) is 5. The average Bonchev–Trinajstić information content (AvgIpc) is 2.90. The van der Waals surface area contributed by atoms with Crippen molar-refractivity contribution in [2.24, 2.45) is 0 Å². The maximum Gasteiger partial charge on any atom is 0.306 e. The molecule has 3 aromatic carbocycles. The third-order valence-electron chi connectivity index (χ3n) is 7.33. The Kier molecular flexibility index (Phi) is 8.70. The van der Waals surface area contributed by atoms with E-state index in [4.69, 9.17) is 14.2 Å². The van der Waals surface area contributed by atoms with Gasteiger partial charge in [-0.2, -0.15) is 0 Å². The monoisotopic (exact) mass is 503 g/mol. The largest absolute Gasteiger partial charge is 0.497 e. The first-order chi connectivity index (χ1) is 17.9. The minimum absolute atomic E-state index is 0.00307. The van der Waals surface area contributed by atoms with E-state index in [1.807, 2.05) is 44.2 Å². The first-order valence-electron chi connectivity index (χ1n) is 13.1. The number of carbonyl (C=O) groups excluding carboxylic acids is 2. The van der Waals surface area contributed by atoms with Crippen molar-refractivity contribution in [2.45, 2.75) is 64.3 Å². The number of aryl methyl sites for hydroxylation is 2. The van der Waals surface area contributed by atoms with Gasteiger partial charge in [-0.15, -0.1) is 0 Å². The second kappa shape index (κ2) is 12.1. The minimum Gasteiger partial charge on any atom is -0.497 e. The number of esters is 1. The molecule has 196 valence electrons. The predicted molar refractivity (Wildman–Crippen MR) is 145 cm³/mol. The van der Waals surface area contributed by atoms with Crippen LogP contribution in [0.1, 0.15) is 66.7 Å². The van der Waals surface area contributed by atoms with Gasteiger partial charge in [-0.3, -0.25) is 9.59 Å². The Morgan fingerprint density at radius 1 is 0.892 bits per heavy atom. The predicted octanol–water partition coefficient (Wildman–Crippen LogP) is 5.99.